The minimum Gasteiger partial charge on any atom is -0.497 e. The lowest BCUT2D eigenvalue weighted by Crippen LogP contribution is -2.40. The monoisotopic (exact) mass is 475 g/mol. The zero-order valence-electron chi connectivity index (χ0n) is 18.9. The summed E-state index contributed by atoms with van der Waals surface area (Å²) in [5.41, 5.74) is -1.76. The molecule has 0 bridgehead atoms. The van der Waals surface area contributed by atoms with E-state index in [-0.39, 0.29) is 17.5 Å². The summed E-state index contributed by atoms with van der Waals surface area (Å²) in [4.78, 5) is 22.6. The predicted molar refractivity (Wildman–Crippen MR) is 122 cm³/mol. The molecule has 1 aromatic heterocycles. The van der Waals surface area contributed by atoms with E-state index in [1.54, 1.807) is 32.9 Å². The standard InChI is InChI=1S/C23H24F3N5O3/c1-13(23(2,3)33)28-21-27-12-11-18(29-21)31(14-5-7-15(34-4)8-6-14)22(32)30-20-17(25)10-9-16(24)19(20)26/h5-13,33H,1-4H3,(H,30,32)(H,27,28,29). The molecule has 3 aromatic rings. The molecule has 0 saturated heterocycles. The summed E-state index contributed by atoms with van der Waals surface area (Å²) < 4.78 is 47.1. The third-order valence-electron chi connectivity index (χ3n) is 5.08. The summed E-state index contributed by atoms with van der Waals surface area (Å²) in [6.07, 6.45) is 1.37. The zero-order valence-corrected chi connectivity index (χ0v) is 18.9. The number of rotatable bonds is 7. The van der Waals surface area contributed by atoms with Gasteiger partial charge in [0.2, 0.25) is 5.95 Å². The number of nitrogens with one attached hydrogen (secondary N) is 2. The third-order valence-corrected chi connectivity index (χ3v) is 5.08. The summed E-state index contributed by atoms with van der Waals surface area (Å²) in [5, 5.41) is 15.2. The molecule has 3 rings (SSSR count). The molecule has 8 nitrogen and oxygen atoms in total. The molecule has 34 heavy (non-hydrogen) atoms. The molecular weight excluding hydrogens is 451 g/mol. The molecule has 180 valence electrons. The molecule has 0 saturated carbocycles. The highest BCUT2D eigenvalue weighted by Gasteiger charge is 2.26. The molecule has 3 N–H and O–H groups in total. The van der Waals surface area contributed by atoms with Crippen molar-refractivity contribution in [3.8, 4) is 5.75 Å². The van der Waals surface area contributed by atoms with E-state index in [4.69, 9.17) is 4.74 Å². The highest BCUT2D eigenvalue weighted by Crippen LogP contribution is 2.29. The van der Waals surface area contributed by atoms with Crippen molar-refractivity contribution in [3.63, 3.8) is 0 Å². The molecule has 0 spiro atoms. The summed E-state index contributed by atoms with van der Waals surface area (Å²) in [5.74, 6) is -3.35. The van der Waals surface area contributed by atoms with Crippen LogP contribution in [-0.2, 0) is 0 Å². The quantitative estimate of drug-likeness (QED) is 0.423. The van der Waals surface area contributed by atoms with Gasteiger partial charge in [-0.25, -0.2) is 27.8 Å². The van der Waals surface area contributed by atoms with Gasteiger partial charge >= 0.3 is 6.03 Å². The lowest BCUT2D eigenvalue weighted by Gasteiger charge is -2.27. The number of carbonyl (C=O) groups is 1. The summed E-state index contributed by atoms with van der Waals surface area (Å²) in [7, 11) is 1.47. The van der Waals surface area contributed by atoms with E-state index in [0.29, 0.717) is 17.9 Å². The first kappa shape index (κ1) is 24.8. The molecule has 0 aliphatic carbocycles. The average molecular weight is 475 g/mol. The van der Waals surface area contributed by atoms with Gasteiger partial charge < -0.3 is 20.5 Å². The van der Waals surface area contributed by atoms with Crippen molar-refractivity contribution >= 4 is 29.2 Å². The molecule has 0 radical (unpaired) electrons. The minimum atomic E-state index is -1.54. The number of aromatic nitrogens is 2. The van der Waals surface area contributed by atoms with Crippen LogP contribution < -0.4 is 20.3 Å². The lowest BCUT2D eigenvalue weighted by atomic mass is 10.0. The van der Waals surface area contributed by atoms with Gasteiger partial charge in [-0.1, -0.05) is 0 Å². The van der Waals surface area contributed by atoms with Gasteiger partial charge in [0.05, 0.1) is 24.4 Å². The summed E-state index contributed by atoms with van der Waals surface area (Å²) in [6, 6.07) is 7.49. The van der Waals surface area contributed by atoms with Gasteiger partial charge in [-0.3, -0.25) is 0 Å². The predicted octanol–water partition coefficient (Wildman–Crippen LogP) is 4.84. The first-order chi connectivity index (χ1) is 16.0. The Kier molecular flexibility index (Phi) is 7.26. The Morgan fingerprint density at radius 3 is 2.35 bits per heavy atom. The van der Waals surface area contributed by atoms with Crippen molar-refractivity contribution in [3.05, 3.63) is 66.1 Å². The Morgan fingerprint density at radius 2 is 1.74 bits per heavy atom. The number of hydrogen-bond donors (Lipinski definition) is 3. The van der Waals surface area contributed by atoms with E-state index >= 15 is 0 Å². The molecule has 1 unspecified atom stereocenters. The van der Waals surface area contributed by atoms with Crippen LogP contribution in [0.3, 0.4) is 0 Å². The van der Waals surface area contributed by atoms with Gasteiger partial charge in [-0.15, -0.1) is 0 Å². The van der Waals surface area contributed by atoms with E-state index in [1.807, 2.05) is 0 Å². The van der Waals surface area contributed by atoms with E-state index in [9.17, 15) is 23.1 Å². The number of ether oxygens (including phenoxy) is 1. The van der Waals surface area contributed by atoms with Crippen LogP contribution in [0.15, 0.2) is 48.7 Å². The van der Waals surface area contributed by atoms with Gasteiger partial charge in [0.1, 0.15) is 23.1 Å². The highest BCUT2D eigenvalue weighted by atomic mass is 19.2. The molecule has 11 heteroatoms. The Morgan fingerprint density at radius 1 is 1.09 bits per heavy atom. The van der Waals surface area contributed by atoms with Crippen molar-refractivity contribution in [1.29, 1.82) is 0 Å². The Hall–Kier alpha value is -3.86. The van der Waals surface area contributed by atoms with E-state index in [1.165, 1.54) is 31.5 Å². The van der Waals surface area contributed by atoms with Gasteiger partial charge in [-0.2, -0.15) is 4.98 Å². The SMILES string of the molecule is COc1ccc(N(C(=O)Nc2c(F)ccc(F)c2F)c2ccnc(NC(C)C(C)(C)O)n2)cc1. The van der Waals surface area contributed by atoms with Crippen LogP contribution in [0.25, 0.3) is 0 Å². The zero-order chi connectivity index (χ0) is 25.0. The largest absolute Gasteiger partial charge is 0.497 e. The third kappa shape index (κ3) is 5.54. The van der Waals surface area contributed by atoms with Crippen LogP contribution in [-0.4, -0.2) is 39.9 Å². The lowest BCUT2D eigenvalue weighted by molar-refractivity contribution is 0.0646. The van der Waals surface area contributed by atoms with Crippen LogP contribution >= 0.6 is 0 Å². The normalized spacial score (nSPS) is 12.1. The second kappa shape index (κ2) is 9.96. The fourth-order valence-corrected chi connectivity index (χ4v) is 2.80. The van der Waals surface area contributed by atoms with Crippen LogP contribution in [0.4, 0.5) is 41.1 Å². The van der Waals surface area contributed by atoms with Crippen LogP contribution in [0.1, 0.15) is 20.8 Å². The highest BCUT2D eigenvalue weighted by molar-refractivity contribution is 6.06. The number of halogens is 3. The topological polar surface area (TPSA) is 99.6 Å². The first-order valence-electron chi connectivity index (χ1n) is 10.2. The Bertz CT molecular complexity index is 1170. The van der Waals surface area contributed by atoms with Gasteiger partial charge in [0.15, 0.2) is 11.6 Å². The fraction of sp³-hybridized carbons (Fsp3) is 0.261. The van der Waals surface area contributed by atoms with Crippen molar-refractivity contribution in [1.82, 2.24) is 9.97 Å². The van der Waals surface area contributed by atoms with E-state index in [0.717, 1.165) is 4.90 Å². The second-order valence-electron chi connectivity index (χ2n) is 7.94. The van der Waals surface area contributed by atoms with E-state index < -0.39 is 40.8 Å². The Labute approximate surface area is 194 Å². The average Bonchev–Trinajstić information content (AvgIpc) is 2.79. The number of methoxy groups -OCH3 is 1. The smallest absolute Gasteiger partial charge is 0.332 e. The molecule has 0 aliphatic heterocycles. The molecule has 2 amide bonds. The molecule has 2 aromatic carbocycles. The molecule has 0 fully saturated rings. The van der Waals surface area contributed by atoms with Crippen LogP contribution in [0.2, 0.25) is 0 Å². The number of aliphatic hydroxyl groups is 1. The number of hydrogen-bond acceptors (Lipinski definition) is 6. The van der Waals surface area contributed by atoms with Crippen molar-refractivity contribution < 1.29 is 27.8 Å². The fourth-order valence-electron chi connectivity index (χ4n) is 2.80. The number of urea groups is 1. The maximum atomic E-state index is 14.2. The number of anilines is 4. The molecule has 1 atom stereocenters. The number of benzene rings is 2. The molecular formula is C23H24F3N5O3. The van der Waals surface area contributed by atoms with Crippen molar-refractivity contribution in [2.45, 2.75) is 32.4 Å². The van der Waals surface area contributed by atoms with Crippen LogP contribution in [0.5, 0.6) is 5.75 Å². The van der Waals surface area contributed by atoms with Gasteiger partial charge in [0.25, 0.3) is 0 Å². The summed E-state index contributed by atoms with van der Waals surface area (Å²) in [6.45, 7) is 4.93. The van der Waals surface area contributed by atoms with Gasteiger partial charge in [0, 0.05) is 12.3 Å². The van der Waals surface area contributed by atoms with Crippen LogP contribution in [0, 0.1) is 17.5 Å². The number of carbonyl (C=O) groups excluding carboxylic acids is 1. The summed E-state index contributed by atoms with van der Waals surface area (Å²) >= 11 is 0. The Balaban J connectivity index is 2.02. The number of amides is 2. The second-order valence-corrected chi connectivity index (χ2v) is 7.94. The molecule has 0 aliphatic rings. The number of nitrogens with zero attached hydrogens (tertiary/aromatic N) is 3. The maximum absolute atomic E-state index is 14.2. The first-order valence-corrected chi connectivity index (χ1v) is 10.2. The minimum absolute atomic E-state index is 0.0420. The van der Waals surface area contributed by atoms with E-state index in [2.05, 4.69) is 20.6 Å². The molecule has 1 heterocycles. The maximum Gasteiger partial charge on any atom is 0.332 e. The van der Waals surface area contributed by atoms with Crippen molar-refractivity contribution in [2.75, 3.05) is 22.6 Å². The van der Waals surface area contributed by atoms with Gasteiger partial charge in [-0.05, 0) is 57.2 Å². The van der Waals surface area contributed by atoms with Crippen molar-refractivity contribution in [2.24, 2.45) is 0 Å².